The van der Waals surface area contributed by atoms with Crippen LogP contribution in [0, 0.1) is 0 Å². The molecule has 3 rings (SSSR count). The molecule has 1 fully saturated rings. The summed E-state index contributed by atoms with van der Waals surface area (Å²) in [7, 11) is 0. The molecule has 1 aliphatic heterocycles. The normalized spacial score (nSPS) is 31.8. The number of fused-ring (bicyclic) bond motifs is 1. The molecule has 0 aromatic carbocycles. The van der Waals surface area contributed by atoms with E-state index in [1.54, 1.807) is 0 Å². The monoisotopic (exact) mass is 206 g/mol. The van der Waals surface area contributed by atoms with Crippen molar-refractivity contribution in [2.24, 2.45) is 5.73 Å². The topological polar surface area (TPSA) is 57.9 Å². The average Bonchev–Trinajstić information content (AvgIpc) is 2.76. The summed E-state index contributed by atoms with van der Waals surface area (Å²) in [5.74, 6) is 0. The van der Waals surface area contributed by atoms with Gasteiger partial charge in [0.1, 0.15) is 0 Å². The maximum absolute atomic E-state index is 6.03. The van der Waals surface area contributed by atoms with Crippen molar-refractivity contribution in [2.75, 3.05) is 0 Å². The molecule has 2 heterocycles. The van der Waals surface area contributed by atoms with Crippen LogP contribution in [0.15, 0.2) is 6.20 Å². The minimum Gasteiger partial charge on any atom is -0.328 e. The molecule has 0 amide bonds. The lowest BCUT2D eigenvalue weighted by atomic mass is 9.91. The van der Waals surface area contributed by atoms with Gasteiger partial charge in [-0.1, -0.05) is 6.42 Å². The highest BCUT2D eigenvalue weighted by molar-refractivity contribution is 5.20. The number of hydrogen-bond acceptors (Lipinski definition) is 3. The van der Waals surface area contributed by atoms with Gasteiger partial charge in [0.25, 0.3) is 0 Å². The lowest BCUT2D eigenvalue weighted by molar-refractivity contribution is 0.146. The lowest BCUT2D eigenvalue weighted by Crippen LogP contribution is -2.40. The number of rotatable bonds is 1. The van der Waals surface area contributed by atoms with Crippen molar-refractivity contribution in [3.05, 3.63) is 17.5 Å². The molecule has 2 aliphatic rings. The van der Waals surface area contributed by atoms with E-state index in [1.165, 1.54) is 30.5 Å². The molecule has 1 saturated carbocycles. The second-order valence-corrected chi connectivity index (χ2v) is 4.86. The first kappa shape index (κ1) is 9.36. The second kappa shape index (κ2) is 3.61. The van der Waals surface area contributed by atoms with E-state index in [0.717, 1.165) is 19.5 Å². The van der Waals surface area contributed by atoms with Gasteiger partial charge in [0.15, 0.2) is 0 Å². The molecule has 82 valence electrons. The third-order valence-corrected chi connectivity index (χ3v) is 3.75. The fraction of sp³-hybridized carbons (Fsp3) is 0.727. The highest BCUT2D eigenvalue weighted by atomic mass is 15.2. The Hall–Kier alpha value is -0.870. The van der Waals surface area contributed by atoms with Crippen LogP contribution in [0.3, 0.4) is 0 Å². The number of H-pyrrole nitrogens is 1. The second-order valence-electron chi connectivity index (χ2n) is 4.86. The first-order valence-corrected chi connectivity index (χ1v) is 5.83. The van der Waals surface area contributed by atoms with Crippen LogP contribution < -0.4 is 5.73 Å². The largest absolute Gasteiger partial charge is 0.328 e. The zero-order valence-electron chi connectivity index (χ0n) is 8.95. The van der Waals surface area contributed by atoms with Gasteiger partial charge in [0, 0.05) is 30.7 Å². The first-order valence-electron chi connectivity index (χ1n) is 5.83. The summed E-state index contributed by atoms with van der Waals surface area (Å²) >= 11 is 0. The number of aromatic amines is 1. The van der Waals surface area contributed by atoms with Gasteiger partial charge < -0.3 is 5.73 Å². The third-order valence-electron chi connectivity index (χ3n) is 3.75. The standard InChI is InChI=1S/C11H18N4/c12-9-2-1-3-10(4-9)15-6-8-5-13-14-11(8)7-15/h5,9-10H,1-4,6-7,12H2,(H,13,14). The van der Waals surface area contributed by atoms with Crippen molar-refractivity contribution in [1.82, 2.24) is 15.1 Å². The Balaban J connectivity index is 1.68. The van der Waals surface area contributed by atoms with Crippen molar-refractivity contribution in [3.63, 3.8) is 0 Å². The van der Waals surface area contributed by atoms with Gasteiger partial charge in [0.05, 0.1) is 11.9 Å². The van der Waals surface area contributed by atoms with Crippen LogP contribution in [0.25, 0.3) is 0 Å². The molecule has 4 heteroatoms. The minimum absolute atomic E-state index is 0.417. The van der Waals surface area contributed by atoms with E-state index in [-0.39, 0.29) is 0 Å². The van der Waals surface area contributed by atoms with Crippen molar-refractivity contribution in [3.8, 4) is 0 Å². The van der Waals surface area contributed by atoms with Gasteiger partial charge in [-0.25, -0.2) is 0 Å². The molecule has 3 N–H and O–H groups in total. The summed E-state index contributed by atoms with van der Waals surface area (Å²) in [5.41, 5.74) is 8.70. The Labute approximate surface area is 89.8 Å². The van der Waals surface area contributed by atoms with Crippen molar-refractivity contribution in [1.29, 1.82) is 0 Å². The molecule has 2 unspecified atom stereocenters. The molecule has 0 bridgehead atoms. The smallest absolute Gasteiger partial charge is 0.0537 e. The number of nitrogens with two attached hydrogens (primary N) is 1. The predicted octanol–water partition coefficient (Wildman–Crippen LogP) is 0.995. The zero-order valence-corrected chi connectivity index (χ0v) is 8.95. The van der Waals surface area contributed by atoms with E-state index >= 15 is 0 Å². The number of nitrogens with zero attached hydrogens (tertiary/aromatic N) is 2. The van der Waals surface area contributed by atoms with Crippen molar-refractivity contribution < 1.29 is 0 Å². The Morgan fingerprint density at radius 3 is 3.13 bits per heavy atom. The van der Waals surface area contributed by atoms with E-state index in [4.69, 9.17) is 5.73 Å². The average molecular weight is 206 g/mol. The Morgan fingerprint density at radius 2 is 2.33 bits per heavy atom. The fourth-order valence-electron chi connectivity index (χ4n) is 2.88. The zero-order chi connectivity index (χ0) is 10.3. The van der Waals surface area contributed by atoms with Crippen LogP contribution in [0.4, 0.5) is 0 Å². The van der Waals surface area contributed by atoms with E-state index < -0.39 is 0 Å². The van der Waals surface area contributed by atoms with Gasteiger partial charge in [-0.2, -0.15) is 5.10 Å². The van der Waals surface area contributed by atoms with E-state index in [1.807, 2.05) is 6.20 Å². The Kier molecular flexibility index (Phi) is 2.25. The van der Waals surface area contributed by atoms with Gasteiger partial charge in [-0.05, 0) is 19.3 Å². The number of hydrogen-bond donors (Lipinski definition) is 2. The molecule has 1 aromatic rings. The summed E-state index contributed by atoms with van der Waals surface area (Å²) in [6, 6.07) is 1.11. The molecule has 1 aromatic heterocycles. The molecule has 0 radical (unpaired) electrons. The van der Waals surface area contributed by atoms with Crippen LogP contribution in [0.2, 0.25) is 0 Å². The maximum Gasteiger partial charge on any atom is 0.0537 e. The third kappa shape index (κ3) is 1.68. The Bertz CT molecular complexity index is 326. The molecule has 15 heavy (non-hydrogen) atoms. The number of nitrogens with one attached hydrogen (secondary N) is 1. The van der Waals surface area contributed by atoms with E-state index in [9.17, 15) is 0 Å². The summed E-state index contributed by atoms with van der Waals surface area (Å²) in [6.45, 7) is 2.09. The van der Waals surface area contributed by atoms with Gasteiger partial charge >= 0.3 is 0 Å². The molecule has 4 nitrogen and oxygen atoms in total. The highest BCUT2D eigenvalue weighted by Gasteiger charge is 2.29. The van der Waals surface area contributed by atoms with Gasteiger partial charge in [0.2, 0.25) is 0 Å². The Morgan fingerprint density at radius 1 is 1.40 bits per heavy atom. The van der Waals surface area contributed by atoms with E-state index in [2.05, 4.69) is 15.1 Å². The SMILES string of the molecule is NC1CCCC(N2Cc3cn[nH]c3C2)C1. The quantitative estimate of drug-likeness (QED) is 0.720. The van der Waals surface area contributed by atoms with Crippen molar-refractivity contribution >= 4 is 0 Å². The minimum atomic E-state index is 0.417. The van der Waals surface area contributed by atoms with Crippen LogP contribution in [-0.4, -0.2) is 27.2 Å². The summed E-state index contributed by atoms with van der Waals surface area (Å²) in [4.78, 5) is 2.54. The van der Waals surface area contributed by atoms with Gasteiger partial charge in [-0.15, -0.1) is 0 Å². The number of aromatic nitrogens is 2. The molecular formula is C11H18N4. The molecule has 2 atom stereocenters. The lowest BCUT2D eigenvalue weighted by Gasteiger charge is -2.33. The van der Waals surface area contributed by atoms with Crippen LogP contribution in [0.5, 0.6) is 0 Å². The molecule has 0 saturated heterocycles. The molecule has 0 spiro atoms. The molecular weight excluding hydrogens is 188 g/mol. The van der Waals surface area contributed by atoms with Crippen LogP contribution >= 0.6 is 0 Å². The molecule has 1 aliphatic carbocycles. The van der Waals surface area contributed by atoms with Crippen molar-refractivity contribution in [2.45, 2.75) is 50.9 Å². The highest BCUT2D eigenvalue weighted by Crippen LogP contribution is 2.29. The van der Waals surface area contributed by atoms with Crippen LogP contribution in [-0.2, 0) is 13.1 Å². The van der Waals surface area contributed by atoms with Crippen LogP contribution in [0.1, 0.15) is 36.9 Å². The maximum atomic E-state index is 6.03. The summed E-state index contributed by atoms with van der Waals surface area (Å²) in [5, 5.41) is 7.14. The fourth-order valence-corrected chi connectivity index (χ4v) is 2.88. The van der Waals surface area contributed by atoms with Gasteiger partial charge in [-0.3, -0.25) is 10.00 Å². The first-order chi connectivity index (χ1) is 7.33. The van der Waals surface area contributed by atoms with E-state index in [0.29, 0.717) is 12.1 Å². The summed E-state index contributed by atoms with van der Waals surface area (Å²) < 4.78 is 0. The predicted molar refractivity (Wildman–Crippen MR) is 58.1 cm³/mol. The summed E-state index contributed by atoms with van der Waals surface area (Å²) in [6.07, 6.45) is 6.92.